The molecule has 0 aromatic carbocycles. The molecule has 0 spiro atoms. The molecule has 0 rings (SSSR count). The second-order valence-corrected chi connectivity index (χ2v) is 15.7. The van der Waals surface area contributed by atoms with Crippen LogP contribution in [-0.4, -0.2) is 22.1 Å². The summed E-state index contributed by atoms with van der Waals surface area (Å²) in [5.41, 5.74) is 0.694. The van der Waals surface area contributed by atoms with Crippen LogP contribution >= 0.6 is 11.6 Å². The summed E-state index contributed by atoms with van der Waals surface area (Å²) in [5.74, 6) is 0. The molecule has 1 nitrogen and oxygen atoms in total. The summed E-state index contributed by atoms with van der Waals surface area (Å²) in [4.78, 5) is 0. The highest BCUT2D eigenvalue weighted by atomic mass is 35.5. The van der Waals surface area contributed by atoms with E-state index in [4.69, 9.17) is 15.7 Å². The Morgan fingerprint density at radius 2 is 1.46 bits per heavy atom. The highest BCUT2D eigenvalue weighted by Gasteiger charge is 2.41. The van der Waals surface area contributed by atoms with Crippen LogP contribution in [0.15, 0.2) is 0 Å². The smallest absolute Gasteiger partial charge is 0.188 e. The fraction of sp³-hybridized carbons (Fsp3) is 1.00. The first-order valence-electron chi connectivity index (χ1n) is 4.78. The van der Waals surface area contributed by atoms with Gasteiger partial charge in [-0.2, -0.15) is 0 Å². The van der Waals surface area contributed by atoms with E-state index in [1.807, 2.05) is 0 Å². The monoisotopic (exact) mass is 238 g/mol. The third kappa shape index (κ3) is 4.15. The molecule has 13 heavy (non-hydrogen) atoms. The summed E-state index contributed by atoms with van der Waals surface area (Å²) in [6, 6.07) is 0. The number of hydrogen-bond acceptors (Lipinski definition) is 1. The molecule has 0 heterocycles. The van der Waals surface area contributed by atoms with Gasteiger partial charge in [0, 0.05) is 5.50 Å². The second-order valence-electron chi connectivity index (χ2n) is 5.76. The fourth-order valence-corrected chi connectivity index (χ4v) is 8.33. The molecule has 0 aromatic rings. The molecule has 80 valence electrons. The van der Waals surface area contributed by atoms with Crippen molar-refractivity contribution in [2.45, 2.75) is 52.0 Å². The lowest BCUT2D eigenvalue weighted by Crippen LogP contribution is -2.51. The summed E-state index contributed by atoms with van der Waals surface area (Å²) in [7, 11) is -3.18. The molecular formula is C9H23ClOSi2. The van der Waals surface area contributed by atoms with Gasteiger partial charge in [-0.1, -0.05) is 20.8 Å². The Kier molecular flexibility index (Phi) is 4.26. The summed E-state index contributed by atoms with van der Waals surface area (Å²) in [6.45, 7) is 15.7. The average molecular weight is 239 g/mol. The van der Waals surface area contributed by atoms with E-state index in [0.29, 0.717) is 10.5 Å². The van der Waals surface area contributed by atoms with Crippen LogP contribution in [0.2, 0.25) is 31.2 Å². The predicted octanol–water partition coefficient (Wildman–Crippen LogP) is 3.99. The van der Waals surface area contributed by atoms with Crippen molar-refractivity contribution in [2.75, 3.05) is 5.50 Å². The fourth-order valence-electron chi connectivity index (χ4n) is 0.871. The Balaban J connectivity index is 4.52. The Bertz CT molecular complexity index is 173. The van der Waals surface area contributed by atoms with E-state index in [9.17, 15) is 0 Å². The van der Waals surface area contributed by atoms with E-state index in [1.54, 1.807) is 0 Å². The maximum atomic E-state index is 6.28. The largest absolute Gasteiger partial charge is 0.454 e. The molecule has 0 bridgehead atoms. The molecule has 0 aliphatic carbocycles. The number of hydrogen-bond donors (Lipinski definition) is 0. The summed E-state index contributed by atoms with van der Waals surface area (Å²) in [6.07, 6.45) is 0. The topological polar surface area (TPSA) is 9.23 Å². The van der Waals surface area contributed by atoms with Gasteiger partial charge in [0.1, 0.15) is 0 Å². The van der Waals surface area contributed by atoms with E-state index < -0.39 is 16.6 Å². The molecule has 0 saturated heterocycles. The van der Waals surface area contributed by atoms with E-state index >= 15 is 0 Å². The quantitative estimate of drug-likeness (QED) is 0.534. The maximum absolute atomic E-state index is 6.28. The molecule has 0 amide bonds. The van der Waals surface area contributed by atoms with Gasteiger partial charge in [-0.05, 0) is 31.2 Å². The van der Waals surface area contributed by atoms with Gasteiger partial charge in [-0.3, -0.25) is 0 Å². The van der Waals surface area contributed by atoms with Crippen LogP contribution in [0.3, 0.4) is 0 Å². The van der Waals surface area contributed by atoms with Crippen LogP contribution in [0.25, 0.3) is 0 Å². The van der Waals surface area contributed by atoms with Gasteiger partial charge in [0.2, 0.25) is 0 Å². The molecule has 0 aliphatic rings. The van der Waals surface area contributed by atoms with Crippen molar-refractivity contribution in [3.63, 3.8) is 0 Å². The van der Waals surface area contributed by atoms with Crippen molar-refractivity contribution in [3.05, 3.63) is 0 Å². The minimum atomic E-state index is -1.60. The van der Waals surface area contributed by atoms with Gasteiger partial charge in [-0.15, -0.1) is 11.6 Å². The molecule has 0 fully saturated rings. The third-order valence-corrected chi connectivity index (χ3v) is 13.1. The zero-order chi connectivity index (χ0) is 10.9. The van der Waals surface area contributed by atoms with Crippen LogP contribution in [0.5, 0.6) is 0 Å². The first-order chi connectivity index (χ1) is 5.52. The van der Waals surface area contributed by atoms with Gasteiger partial charge in [0.15, 0.2) is 16.6 Å². The molecular weight excluding hydrogens is 216 g/mol. The molecule has 0 unspecified atom stereocenters. The standard InChI is InChI=1S/C9H23ClOSi2/c1-9(2,3)13(6,7)11-12(4,5)8-10/h8H2,1-7H3. The van der Waals surface area contributed by atoms with Gasteiger partial charge in [0.25, 0.3) is 0 Å². The molecule has 0 aliphatic heterocycles. The van der Waals surface area contributed by atoms with E-state index in [0.717, 1.165) is 0 Å². The summed E-state index contributed by atoms with van der Waals surface area (Å²) < 4.78 is 6.28. The highest BCUT2D eigenvalue weighted by molar-refractivity contribution is 6.88. The van der Waals surface area contributed by atoms with Gasteiger partial charge in [0.05, 0.1) is 0 Å². The SMILES string of the molecule is CC(C)(C)[Si](C)(C)O[Si](C)(C)CCl. The average Bonchev–Trinajstić information content (AvgIpc) is 1.83. The van der Waals surface area contributed by atoms with Crippen LogP contribution in [0.1, 0.15) is 20.8 Å². The lowest BCUT2D eigenvalue weighted by molar-refractivity contribution is 0.490. The Labute approximate surface area is 90.1 Å². The summed E-state index contributed by atoms with van der Waals surface area (Å²) >= 11 is 5.91. The number of rotatable bonds is 3. The lowest BCUT2D eigenvalue weighted by Gasteiger charge is -2.41. The summed E-state index contributed by atoms with van der Waals surface area (Å²) in [5, 5.41) is 0.295. The molecule has 0 saturated carbocycles. The van der Waals surface area contributed by atoms with E-state index in [2.05, 4.69) is 47.0 Å². The first kappa shape index (κ1) is 13.7. The van der Waals surface area contributed by atoms with Gasteiger partial charge < -0.3 is 4.12 Å². The van der Waals surface area contributed by atoms with E-state index in [-0.39, 0.29) is 0 Å². The van der Waals surface area contributed by atoms with Crippen molar-refractivity contribution < 1.29 is 4.12 Å². The molecule has 0 atom stereocenters. The van der Waals surface area contributed by atoms with Crippen molar-refractivity contribution in [1.82, 2.24) is 0 Å². The molecule has 0 N–H and O–H groups in total. The molecule has 0 aromatic heterocycles. The third-order valence-electron chi connectivity index (χ3n) is 2.66. The Morgan fingerprint density at radius 1 is 1.08 bits per heavy atom. The minimum Gasteiger partial charge on any atom is -0.454 e. The zero-order valence-electron chi connectivity index (χ0n) is 9.99. The van der Waals surface area contributed by atoms with Crippen molar-refractivity contribution in [3.8, 4) is 0 Å². The Morgan fingerprint density at radius 3 is 1.69 bits per heavy atom. The normalized spacial score (nSPS) is 14.8. The van der Waals surface area contributed by atoms with Crippen LogP contribution in [-0.2, 0) is 4.12 Å². The van der Waals surface area contributed by atoms with Crippen LogP contribution in [0.4, 0.5) is 0 Å². The Hall–Kier alpha value is 0.684. The second kappa shape index (κ2) is 4.05. The number of alkyl halides is 1. The van der Waals surface area contributed by atoms with E-state index in [1.165, 1.54) is 0 Å². The van der Waals surface area contributed by atoms with Gasteiger partial charge in [-0.25, -0.2) is 0 Å². The van der Waals surface area contributed by atoms with Crippen molar-refractivity contribution in [1.29, 1.82) is 0 Å². The van der Waals surface area contributed by atoms with Crippen molar-refractivity contribution >= 4 is 28.2 Å². The van der Waals surface area contributed by atoms with Crippen LogP contribution < -0.4 is 0 Å². The van der Waals surface area contributed by atoms with Gasteiger partial charge >= 0.3 is 0 Å². The maximum Gasteiger partial charge on any atom is 0.188 e. The minimum absolute atomic E-state index is 0.295. The molecule has 0 radical (unpaired) electrons. The highest BCUT2D eigenvalue weighted by Crippen LogP contribution is 2.38. The van der Waals surface area contributed by atoms with Crippen molar-refractivity contribution in [2.24, 2.45) is 0 Å². The van der Waals surface area contributed by atoms with Crippen LogP contribution in [0, 0.1) is 0 Å². The zero-order valence-corrected chi connectivity index (χ0v) is 12.7. The number of halogens is 1. The lowest BCUT2D eigenvalue weighted by atomic mass is 10.2. The predicted molar refractivity (Wildman–Crippen MR) is 66.5 cm³/mol. The molecule has 4 heteroatoms. The first-order valence-corrected chi connectivity index (χ1v) is 11.3.